The maximum atomic E-state index is 12.5. The largest absolute Gasteiger partial charge is 0.383 e. The first-order valence-electron chi connectivity index (χ1n) is 8.50. The molecule has 1 rings (SSSR count). The normalized spacial score (nSPS) is 11.2. The number of nitrogens with one attached hydrogen (secondary N) is 2. The van der Waals surface area contributed by atoms with Gasteiger partial charge in [0.1, 0.15) is 5.82 Å². The van der Waals surface area contributed by atoms with Crippen LogP contribution >= 0.6 is 12.2 Å². The van der Waals surface area contributed by atoms with Crippen LogP contribution in [0.25, 0.3) is 0 Å². The van der Waals surface area contributed by atoms with Crippen molar-refractivity contribution in [2.75, 3.05) is 58.1 Å². The van der Waals surface area contributed by atoms with Crippen LogP contribution in [0.15, 0.2) is 9.59 Å². The molecule has 148 valence electrons. The van der Waals surface area contributed by atoms with Gasteiger partial charge in [-0.25, -0.2) is 4.79 Å². The van der Waals surface area contributed by atoms with Crippen molar-refractivity contribution in [2.24, 2.45) is 5.92 Å². The number of H-pyrrole nitrogens is 1. The van der Waals surface area contributed by atoms with Crippen molar-refractivity contribution >= 4 is 28.8 Å². The number of aromatic nitrogens is 2. The minimum atomic E-state index is -0.569. The standard InChI is InChI=1S/C16H30N6O3S/c1-11(2)10-22-13(17)12(14(23)19-15(22)24)21(8-9-25-5)16(26)18-6-7-20(3)4/h11H,6-10,17H2,1-5H3,(H,18,26)(H,19,23,24). The molecule has 0 spiro atoms. The van der Waals surface area contributed by atoms with Crippen LogP contribution in [0.5, 0.6) is 0 Å². The van der Waals surface area contributed by atoms with Gasteiger partial charge in [0, 0.05) is 33.3 Å². The van der Waals surface area contributed by atoms with Gasteiger partial charge >= 0.3 is 5.69 Å². The lowest BCUT2D eigenvalue weighted by Crippen LogP contribution is -2.47. The molecule has 0 unspecified atom stereocenters. The van der Waals surface area contributed by atoms with Crippen LogP contribution in [0.2, 0.25) is 0 Å². The van der Waals surface area contributed by atoms with Crippen LogP contribution in [0, 0.1) is 5.92 Å². The Bertz CT molecular complexity index is 713. The molecule has 0 fully saturated rings. The molecular formula is C16H30N6O3S. The van der Waals surface area contributed by atoms with Crippen molar-refractivity contribution in [1.82, 2.24) is 19.8 Å². The molecule has 1 aromatic rings. The van der Waals surface area contributed by atoms with E-state index in [0.717, 1.165) is 6.54 Å². The Labute approximate surface area is 159 Å². The lowest BCUT2D eigenvalue weighted by atomic mass is 10.2. The summed E-state index contributed by atoms with van der Waals surface area (Å²) in [6, 6.07) is 0. The number of rotatable bonds is 9. The third-order valence-corrected chi connectivity index (χ3v) is 4.00. The molecule has 26 heavy (non-hydrogen) atoms. The number of thiocarbonyl (C=S) groups is 1. The smallest absolute Gasteiger partial charge is 0.330 e. The van der Waals surface area contributed by atoms with Gasteiger partial charge in [0.05, 0.1) is 6.61 Å². The van der Waals surface area contributed by atoms with Crippen LogP contribution in [0.3, 0.4) is 0 Å². The summed E-state index contributed by atoms with van der Waals surface area (Å²) in [7, 11) is 5.48. The van der Waals surface area contributed by atoms with E-state index in [4.69, 9.17) is 22.7 Å². The van der Waals surface area contributed by atoms with Crippen LogP contribution in [0.1, 0.15) is 13.8 Å². The van der Waals surface area contributed by atoms with Gasteiger partial charge in [-0.15, -0.1) is 0 Å². The number of nitrogens with zero attached hydrogens (tertiary/aromatic N) is 3. The Morgan fingerprint density at radius 1 is 1.35 bits per heavy atom. The van der Waals surface area contributed by atoms with Gasteiger partial charge in [-0.05, 0) is 32.2 Å². The summed E-state index contributed by atoms with van der Waals surface area (Å²) in [6.07, 6.45) is 0. The van der Waals surface area contributed by atoms with E-state index in [-0.39, 0.29) is 17.4 Å². The second kappa shape index (κ2) is 10.3. The van der Waals surface area contributed by atoms with Gasteiger partial charge in [0.15, 0.2) is 10.8 Å². The highest BCUT2D eigenvalue weighted by Gasteiger charge is 2.22. The number of hydrogen-bond acceptors (Lipinski definition) is 6. The van der Waals surface area contributed by atoms with Crippen molar-refractivity contribution < 1.29 is 4.74 Å². The maximum Gasteiger partial charge on any atom is 0.330 e. The molecular weight excluding hydrogens is 356 g/mol. The zero-order chi connectivity index (χ0) is 19.9. The predicted molar refractivity (Wildman–Crippen MR) is 109 cm³/mol. The highest BCUT2D eigenvalue weighted by atomic mass is 32.1. The number of ether oxygens (including phenoxy) is 1. The number of methoxy groups -OCH3 is 1. The van der Waals surface area contributed by atoms with E-state index >= 15 is 0 Å². The molecule has 0 bridgehead atoms. The van der Waals surface area contributed by atoms with Crippen molar-refractivity contribution in [1.29, 1.82) is 0 Å². The Morgan fingerprint density at radius 2 is 2.00 bits per heavy atom. The molecule has 0 saturated heterocycles. The van der Waals surface area contributed by atoms with Crippen LogP contribution in [-0.4, -0.2) is 67.0 Å². The van der Waals surface area contributed by atoms with Gasteiger partial charge in [-0.3, -0.25) is 14.3 Å². The van der Waals surface area contributed by atoms with Crippen LogP contribution in [0.4, 0.5) is 11.5 Å². The van der Waals surface area contributed by atoms with E-state index in [1.807, 2.05) is 32.8 Å². The second-order valence-corrected chi connectivity index (χ2v) is 7.06. The van der Waals surface area contributed by atoms with Crippen molar-refractivity contribution in [3.05, 3.63) is 20.8 Å². The van der Waals surface area contributed by atoms with Gasteiger partial charge in [0.25, 0.3) is 5.56 Å². The summed E-state index contributed by atoms with van der Waals surface area (Å²) in [5, 5.41) is 3.47. The summed E-state index contributed by atoms with van der Waals surface area (Å²) in [5.41, 5.74) is 5.25. The highest BCUT2D eigenvalue weighted by molar-refractivity contribution is 7.80. The third kappa shape index (κ3) is 6.11. The van der Waals surface area contributed by atoms with E-state index in [9.17, 15) is 9.59 Å². The molecule has 0 radical (unpaired) electrons. The summed E-state index contributed by atoms with van der Waals surface area (Å²) in [6.45, 7) is 6.39. The average Bonchev–Trinajstić information content (AvgIpc) is 2.53. The molecule has 0 aliphatic carbocycles. The van der Waals surface area contributed by atoms with Gasteiger partial charge < -0.3 is 25.6 Å². The molecule has 0 atom stereocenters. The molecule has 0 aromatic carbocycles. The van der Waals surface area contributed by atoms with E-state index in [2.05, 4.69) is 10.3 Å². The molecule has 1 aromatic heterocycles. The molecule has 9 nitrogen and oxygen atoms in total. The molecule has 4 N–H and O–H groups in total. The Kier molecular flexibility index (Phi) is 8.76. The van der Waals surface area contributed by atoms with E-state index < -0.39 is 11.2 Å². The number of anilines is 2. The zero-order valence-electron chi connectivity index (χ0n) is 16.2. The fourth-order valence-electron chi connectivity index (χ4n) is 2.36. The van der Waals surface area contributed by atoms with Crippen molar-refractivity contribution in [3.8, 4) is 0 Å². The van der Waals surface area contributed by atoms with Crippen molar-refractivity contribution in [3.63, 3.8) is 0 Å². The molecule has 0 aliphatic rings. The number of nitrogen functional groups attached to an aromatic ring is 1. The minimum absolute atomic E-state index is 0.0975. The first-order valence-corrected chi connectivity index (χ1v) is 8.91. The Hall–Kier alpha value is -1.91. The number of hydrogen-bond donors (Lipinski definition) is 3. The van der Waals surface area contributed by atoms with Gasteiger partial charge in [-0.1, -0.05) is 13.8 Å². The fourth-order valence-corrected chi connectivity index (χ4v) is 2.65. The van der Waals surface area contributed by atoms with Crippen LogP contribution in [-0.2, 0) is 11.3 Å². The monoisotopic (exact) mass is 386 g/mol. The summed E-state index contributed by atoms with van der Waals surface area (Å²) in [4.78, 5) is 30.5. The van der Waals surface area contributed by atoms with E-state index in [1.165, 1.54) is 4.57 Å². The SMILES string of the molecule is COCCN(C(=S)NCCN(C)C)c1c(N)n(CC(C)C)c(=O)[nH]c1=O. The molecule has 1 heterocycles. The Balaban J connectivity index is 3.26. The average molecular weight is 387 g/mol. The lowest BCUT2D eigenvalue weighted by Gasteiger charge is -2.27. The molecule has 0 aliphatic heterocycles. The van der Waals surface area contributed by atoms with Crippen LogP contribution < -0.4 is 27.2 Å². The number of nitrogens with two attached hydrogens (primary N) is 1. The zero-order valence-corrected chi connectivity index (χ0v) is 17.0. The minimum Gasteiger partial charge on any atom is -0.383 e. The first kappa shape index (κ1) is 22.1. The predicted octanol–water partition coefficient (Wildman–Crippen LogP) is -0.336. The number of likely N-dealkylation sites (N-methyl/N-ethyl adjacent to an activating group) is 1. The number of aromatic amines is 1. The van der Waals surface area contributed by atoms with Crippen molar-refractivity contribution in [2.45, 2.75) is 20.4 Å². The first-order chi connectivity index (χ1) is 12.2. The van der Waals surface area contributed by atoms with E-state index in [0.29, 0.717) is 31.4 Å². The Morgan fingerprint density at radius 3 is 2.54 bits per heavy atom. The maximum absolute atomic E-state index is 12.5. The van der Waals surface area contributed by atoms with Gasteiger partial charge in [-0.2, -0.15) is 0 Å². The molecule has 0 saturated carbocycles. The quantitative estimate of drug-likeness (QED) is 0.495. The fraction of sp³-hybridized carbons (Fsp3) is 0.688. The second-order valence-electron chi connectivity index (χ2n) is 6.68. The van der Waals surface area contributed by atoms with E-state index in [1.54, 1.807) is 12.0 Å². The summed E-state index contributed by atoms with van der Waals surface area (Å²) < 4.78 is 6.49. The molecule has 10 heteroatoms. The third-order valence-electron chi connectivity index (χ3n) is 3.63. The lowest BCUT2D eigenvalue weighted by molar-refractivity contribution is 0.207. The summed E-state index contributed by atoms with van der Waals surface area (Å²) in [5.74, 6) is 0.284. The topological polar surface area (TPSA) is 109 Å². The summed E-state index contributed by atoms with van der Waals surface area (Å²) >= 11 is 5.45. The highest BCUT2D eigenvalue weighted by Crippen LogP contribution is 2.17. The molecule has 0 amide bonds. The van der Waals surface area contributed by atoms with Gasteiger partial charge in [0.2, 0.25) is 0 Å².